The second-order valence-electron chi connectivity index (χ2n) is 5.44. The number of hydrazone groups is 1. The number of anilines is 2. The number of rotatable bonds is 3. The fourth-order valence-corrected chi connectivity index (χ4v) is 2.38. The summed E-state index contributed by atoms with van der Waals surface area (Å²) in [7, 11) is 0. The summed E-state index contributed by atoms with van der Waals surface area (Å²) in [5.41, 5.74) is 0.323. The number of aliphatic hydroxyl groups is 1. The first-order valence-corrected chi connectivity index (χ1v) is 7.07. The number of β-amino-alcohol motifs (C(OH)–C–C–N with tert-alkyl or cyclic N) is 1. The average molecular weight is 295 g/mol. The highest BCUT2D eigenvalue weighted by atomic mass is 16.3. The van der Waals surface area contributed by atoms with E-state index in [1.807, 2.05) is 48.5 Å². The summed E-state index contributed by atoms with van der Waals surface area (Å²) in [6.45, 7) is 1.84. The van der Waals surface area contributed by atoms with Crippen molar-refractivity contribution in [3.8, 4) is 0 Å². The van der Waals surface area contributed by atoms with Crippen LogP contribution in [0.4, 0.5) is 11.4 Å². The summed E-state index contributed by atoms with van der Waals surface area (Å²) >= 11 is 0. The molecular weight excluding hydrogens is 278 g/mol. The van der Waals surface area contributed by atoms with E-state index in [2.05, 4.69) is 10.4 Å². The van der Waals surface area contributed by atoms with E-state index in [1.165, 1.54) is 0 Å². The molecule has 1 heterocycles. The fourth-order valence-electron chi connectivity index (χ4n) is 2.38. The Morgan fingerprint density at radius 1 is 1.14 bits per heavy atom. The third-order valence-electron chi connectivity index (χ3n) is 3.49. The predicted molar refractivity (Wildman–Crippen MR) is 86.9 cm³/mol. The van der Waals surface area contributed by atoms with Crippen molar-refractivity contribution in [3.63, 3.8) is 0 Å². The molecule has 22 heavy (non-hydrogen) atoms. The van der Waals surface area contributed by atoms with Gasteiger partial charge in [-0.3, -0.25) is 9.80 Å². The number of amides is 1. The van der Waals surface area contributed by atoms with Gasteiger partial charge in [0.2, 0.25) is 0 Å². The fraction of sp³-hybridized carbons (Fsp3) is 0.176. The van der Waals surface area contributed by atoms with Crippen LogP contribution in [0.3, 0.4) is 0 Å². The Morgan fingerprint density at radius 2 is 1.73 bits per heavy atom. The van der Waals surface area contributed by atoms with Crippen molar-refractivity contribution in [3.05, 3.63) is 60.7 Å². The maximum absolute atomic E-state index is 12.4. The van der Waals surface area contributed by atoms with Gasteiger partial charge in [-0.15, -0.1) is 0 Å². The quantitative estimate of drug-likeness (QED) is 0.913. The van der Waals surface area contributed by atoms with Crippen LogP contribution in [-0.4, -0.2) is 28.9 Å². The van der Waals surface area contributed by atoms with Gasteiger partial charge in [0, 0.05) is 5.69 Å². The van der Waals surface area contributed by atoms with Gasteiger partial charge in [-0.05, 0) is 31.2 Å². The molecule has 3 rings (SSSR count). The molecule has 1 aliphatic heterocycles. The molecule has 0 fully saturated rings. The molecule has 1 aliphatic rings. The van der Waals surface area contributed by atoms with Crippen molar-refractivity contribution in [2.24, 2.45) is 5.10 Å². The van der Waals surface area contributed by atoms with Crippen LogP contribution < -0.4 is 10.3 Å². The maximum Gasteiger partial charge on any atom is 0.274 e. The highest BCUT2D eigenvalue weighted by molar-refractivity contribution is 6.46. The third kappa shape index (κ3) is 2.84. The molecule has 112 valence electrons. The van der Waals surface area contributed by atoms with E-state index >= 15 is 0 Å². The van der Waals surface area contributed by atoms with Crippen molar-refractivity contribution in [1.82, 2.24) is 0 Å². The van der Waals surface area contributed by atoms with Crippen molar-refractivity contribution < 1.29 is 9.90 Å². The monoisotopic (exact) mass is 295 g/mol. The molecule has 2 aromatic carbocycles. The molecule has 0 saturated heterocycles. The minimum atomic E-state index is -1.30. The van der Waals surface area contributed by atoms with Crippen molar-refractivity contribution in [2.75, 3.05) is 16.9 Å². The van der Waals surface area contributed by atoms with Gasteiger partial charge in [0.25, 0.3) is 5.91 Å². The number of carbonyl (C=O) groups is 1. The van der Waals surface area contributed by atoms with Crippen molar-refractivity contribution in [1.29, 1.82) is 0 Å². The molecule has 5 nitrogen and oxygen atoms in total. The topological polar surface area (TPSA) is 64.9 Å². The van der Waals surface area contributed by atoms with Crippen LogP contribution in [0.25, 0.3) is 0 Å². The van der Waals surface area contributed by atoms with Crippen molar-refractivity contribution >= 4 is 23.0 Å². The van der Waals surface area contributed by atoms with Crippen LogP contribution in [0.2, 0.25) is 0 Å². The van der Waals surface area contributed by atoms with E-state index in [9.17, 15) is 9.90 Å². The summed E-state index contributed by atoms with van der Waals surface area (Å²) in [5.74, 6) is -0.394. The highest BCUT2D eigenvalue weighted by Gasteiger charge is 2.41. The molecule has 0 saturated carbocycles. The lowest BCUT2D eigenvalue weighted by atomic mass is 10.0. The van der Waals surface area contributed by atoms with Crippen LogP contribution in [-0.2, 0) is 4.79 Å². The molecule has 1 amide bonds. The van der Waals surface area contributed by atoms with Gasteiger partial charge in [0.1, 0.15) is 5.60 Å². The molecule has 0 aromatic heterocycles. The molecule has 2 N–H and O–H groups in total. The standard InChI is InChI=1S/C17H17N3O2/c1-17(22)12-20(14-10-6-3-7-11-14)19-15(17)16(21)18-13-8-4-2-5-9-13/h2-11,22H,12H2,1H3,(H,18,21). The Labute approximate surface area is 128 Å². The van der Waals surface area contributed by atoms with E-state index < -0.39 is 11.5 Å². The zero-order chi connectivity index (χ0) is 15.6. The van der Waals surface area contributed by atoms with Crippen LogP contribution in [0, 0.1) is 0 Å². The minimum absolute atomic E-state index is 0.111. The van der Waals surface area contributed by atoms with Gasteiger partial charge in [0.15, 0.2) is 5.71 Å². The van der Waals surface area contributed by atoms with Gasteiger partial charge >= 0.3 is 0 Å². The summed E-state index contributed by atoms with van der Waals surface area (Å²) in [4.78, 5) is 12.4. The van der Waals surface area contributed by atoms with Gasteiger partial charge in [-0.2, -0.15) is 5.10 Å². The SMILES string of the molecule is CC1(O)CN(c2ccccc2)N=C1C(=O)Nc1ccccc1. The minimum Gasteiger partial charge on any atom is -0.382 e. The van der Waals surface area contributed by atoms with E-state index in [-0.39, 0.29) is 12.3 Å². The van der Waals surface area contributed by atoms with E-state index in [1.54, 1.807) is 24.1 Å². The van der Waals surface area contributed by atoms with Crippen LogP contribution in [0.15, 0.2) is 65.8 Å². The number of nitrogens with one attached hydrogen (secondary N) is 1. The van der Waals surface area contributed by atoms with Gasteiger partial charge in [-0.1, -0.05) is 36.4 Å². The lowest BCUT2D eigenvalue weighted by Gasteiger charge is -2.19. The van der Waals surface area contributed by atoms with Crippen LogP contribution >= 0.6 is 0 Å². The molecule has 0 spiro atoms. The van der Waals surface area contributed by atoms with Crippen LogP contribution in [0.5, 0.6) is 0 Å². The Bertz CT molecular complexity index is 696. The molecule has 0 bridgehead atoms. The zero-order valence-corrected chi connectivity index (χ0v) is 12.2. The number of para-hydroxylation sites is 2. The first-order chi connectivity index (χ1) is 10.6. The first-order valence-electron chi connectivity index (χ1n) is 7.07. The number of benzene rings is 2. The first kappa shape index (κ1) is 14.3. The molecular formula is C17H17N3O2. The smallest absolute Gasteiger partial charge is 0.274 e. The Balaban J connectivity index is 1.83. The predicted octanol–water partition coefficient (Wildman–Crippen LogP) is 2.25. The van der Waals surface area contributed by atoms with Gasteiger partial charge in [-0.25, -0.2) is 0 Å². The lowest BCUT2D eigenvalue weighted by molar-refractivity contribution is -0.111. The summed E-state index contributed by atoms with van der Waals surface area (Å²) in [6, 6.07) is 18.6. The van der Waals surface area contributed by atoms with Crippen LogP contribution in [0.1, 0.15) is 6.92 Å². The molecule has 0 radical (unpaired) electrons. The number of hydrogen-bond acceptors (Lipinski definition) is 4. The lowest BCUT2D eigenvalue weighted by Crippen LogP contribution is -2.43. The Kier molecular flexibility index (Phi) is 3.65. The molecule has 2 aromatic rings. The number of hydrogen-bond donors (Lipinski definition) is 2. The van der Waals surface area contributed by atoms with E-state index in [4.69, 9.17) is 0 Å². The maximum atomic E-state index is 12.4. The van der Waals surface area contributed by atoms with E-state index in [0.717, 1.165) is 5.69 Å². The van der Waals surface area contributed by atoms with Crippen molar-refractivity contribution in [2.45, 2.75) is 12.5 Å². The largest absolute Gasteiger partial charge is 0.382 e. The molecule has 1 unspecified atom stereocenters. The van der Waals surface area contributed by atoms with Gasteiger partial charge in [0.05, 0.1) is 12.2 Å². The Hall–Kier alpha value is -2.66. The highest BCUT2D eigenvalue weighted by Crippen LogP contribution is 2.25. The second kappa shape index (κ2) is 5.61. The van der Waals surface area contributed by atoms with Gasteiger partial charge < -0.3 is 10.4 Å². The van der Waals surface area contributed by atoms with E-state index in [0.29, 0.717) is 5.69 Å². The average Bonchev–Trinajstić information content (AvgIpc) is 2.85. The number of nitrogens with zero attached hydrogens (tertiary/aromatic N) is 2. The Morgan fingerprint density at radius 3 is 2.36 bits per heavy atom. The second-order valence-corrected chi connectivity index (χ2v) is 5.44. The normalized spacial score (nSPS) is 20.6. The molecule has 5 heteroatoms. The summed E-state index contributed by atoms with van der Waals surface area (Å²) in [5, 5.41) is 19.2. The molecule has 1 atom stereocenters. The zero-order valence-electron chi connectivity index (χ0n) is 12.2. The summed E-state index contributed by atoms with van der Waals surface area (Å²) in [6.07, 6.45) is 0. The summed E-state index contributed by atoms with van der Waals surface area (Å²) < 4.78 is 0. The molecule has 0 aliphatic carbocycles. The number of carbonyl (C=O) groups excluding carboxylic acids is 1. The third-order valence-corrected chi connectivity index (χ3v) is 3.49.